The van der Waals surface area contributed by atoms with Gasteiger partial charge in [0, 0.05) is 19.8 Å². The number of ether oxygens (including phenoxy) is 2. The molecule has 0 unspecified atom stereocenters. The molecule has 0 bridgehead atoms. The van der Waals surface area contributed by atoms with Gasteiger partial charge in [0.1, 0.15) is 5.60 Å². The Labute approximate surface area is 215 Å². The Morgan fingerprint density at radius 1 is 1.22 bits per heavy atom. The monoisotopic (exact) mass is 696 g/mol. The molecule has 32 heavy (non-hydrogen) atoms. The molecule has 1 N–H and O–H groups in total. The van der Waals surface area contributed by atoms with E-state index >= 15 is 0 Å². The zero-order valence-corrected chi connectivity index (χ0v) is 23.5. The Morgan fingerprint density at radius 3 is 2.38 bits per heavy atom. The predicted octanol–water partition coefficient (Wildman–Crippen LogP) is 4.51. The summed E-state index contributed by atoms with van der Waals surface area (Å²) in [7, 11) is -1.17. The molecule has 1 aromatic carbocycles. The molecule has 1 aliphatic rings. The van der Waals surface area contributed by atoms with Crippen molar-refractivity contribution in [2.24, 2.45) is 5.92 Å². The number of nitrogens with zero attached hydrogens (tertiary/aromatic N) is 1. The zero-order valence-electron chi connectivity index (χ0n) is 18.4. The molecule has 1 aliphatic carbocycles. The van der Waals surface area contributed by atoms with E-state index in [1.165, 1.54) is 81.5 Å². The SMILES string of the molecule is CO[C@H]1CC[C@H](C(=O)Nc2cccc(S(=O)(=O)C(F)(I)I)c2)[C@@H]1N(C)C(=O)OC(C)(C)C. The minimum absolute atomic E-state index is 0.215. The highest BCUT2D eigenvalue weighted by atomic mass is 127. The maximum Gasteiger partial charge on any atom is 0.410 e. The molecule has 0 heterocycles. The van der Waals surface area contributed by atoms with Crippen molar-refractivity contribution < 1.29 is 31.9 Å². The van der Waals surface area contributed by atoms with Crippen molar-refractivity contribution in [3.63, 3.8) is 0 Å². The van der Waals surface area contributed by atoms with Crippen LogP contribution in [0.4, 0.5) is 14.9 Å². The van der Waals surface area contributed by atoms with Gasteiger partial charge < -0.3 is 19.7 Å². The average Bonchev–Trinajstić information content (AvgIpc) is 3.09. The van der Waals surface area contributed by atoms with Gasteiger partial charge in [0.25, 0.3) is 0 Å². The van der Waals surface area contributed by atoms with Gasteiger partial charge in [-0.05, 0) is 97.0 Å². The Morgan fingerprint density at radius 2 is 1.84 bits per heavy atom. The van der Waals surface area contributed by atoms with E-state index in [1.54, 1.807) is 27.8 Å². The van der Waals surface area contributed by atoms with Crippen LogP contribution in [0.15, 0.2) is 29.2 Å². The van der Waals surface area contributed by atoms with Gasteiger partial charge in [-0.25, -0.2) is 17.6 Å². The number of halogens is 3. The standard InChI is InChI=1S/C20H27FI2N2O6S/c1-19(2,3)31-18(27)25(4)16-14(9-10-15(16)30-5)17(26)24-12-7-6-8-13(11-12)32(28,29)20(21,22)23/h6-8,11,14-16H,9-10H2,1-5H3,(H,24,26)/t14-,15-,16-/m0/s1. The summed E-state index contributed by atoms with van der Waals surface area (Å²) in [5.74, 6) is -0.998. The fourth-order valence-electron chi connectivity index (χ4n) is 3.57. The second kappa shape index (κ2) is 10.3. The van der Waals surface area contributed by atoms with E-state index in [0.717, 1.165) is 0 Å². The maximum atomic E-state index is 14.1. The smallest absolute Gasteiger partial charge is 0.410 e. The molecular formula is C20H27FI2N2O6S. The van der Waals surface area contributed by atoms with Crippen molar-refractivity contribution in [1.29, 1.82) is 0 Å². The van der Waals surface area contributed by atoms with Gasteiger partial charge in [-0.1, -0.05) is 6.07 Å². The van der Waals surface area contributed by atoms with Crippen LogP contribution in [0.25, 0.3) is 0 Å². The summed E-state index contributed by atoms with van der Waals surface area (Å²) < 4.78 is 47.3. The molecule has 180 valence electrons. The van der Waals surface area contributed by atoms with Crippen molar-refractivity contribution in [3.05, 3.63) is 24.3 Å². The molecular weight excluding hydrogens is 669 g/mol. The summed E-state index contributed by atoms with van der Waals surface area (Å²) in [6.45, 7) is 5.26. The molecule has 0 spiro atoms. The number of carbonyl (C=O) groups is 2. The highest BCUT2D eigenvalue weighted by Crippen LogP contribution is 2.40. The molecule has 2 rings (SSSR count). The number of rotatable bonds is 6. The second-order valence-corrected chi connectivity index (χ2v) is 17.0. The van der Waals surface area contributed by atoms with Gasteiger partial charge in [-0.2, -0.15) is 0 Å². The molecule has 8 nitrogen and oxygen atoms in total. The molecule has 2 amide bonds. The van der Waals surface area contributed by atoms with Crippen molar-refractivity contribution >= 4 is 72.7 Å². The molecule has 1 aromatic rings. The Kier molecular flexibility index (Phi) is 8.81. The van der Waals surface area contributed by atoms with Gasteiger partial charge in [0.15, 0.2) is 0 Å². The molecule has 1 saturated carbocycles. The van der Waals surface area contributed by atoms with E-state index in [-0.39, 0.29) is 16.7 Å². The van der Waals surface area contributed by atoms with Gasteiger partial charge in [-0.15, -0.1) is 0 Å². The van der Waals surface area contributed by atoms with Crippen LogP contribution >= 0.6 is 45.2 Å². The number of likely N-dealkylation sites (N-methyl/N-ethyl adjacent to an activating group) is 1. The number of methoxy groups -OCH3 is 1. The summed E-state index contributed by atoms with van der Waals surface area (Å²) in [5, 5.41) is 2.70. The number of hydrogen-bond acceptors (Lipinski definition) is 6. The molecule has 3 atom stereocenters. The maximum absolute atomic E-state index is 14.1. The van der Waals surface area contributed by atoms with Crippen molar-refractivity contribution in [1.82, 2.24) is 4.90 Å². The van der Waals surface area contributed by atoms with Crippen LogP contribution in [0.5, 0.6) is 0 Å². The molecule has 0 aliphatic heterocycles. The van der Waals surface area contributed by atoms with Crippen LogP contribution in [0.2, 0.25) is 0 Å². The summed E-state index contributed by atoms with van der Waals surface area (Å²) in [4.78, 5) is 26.8. The highest BCUT2D eigenvalue weighted by Gasteiger charge is 2.45. The van der Waals surface area contributed by atoms with Crippen molar-refractivity contribution in [2.45, 2.75) is 57.3 Å². The number of anilines is 1. The number of sulfone groups is 1. The van der Waals surface area contributed by atoms with Gasteiger partial charge in [0.05, 0.1) is 23.0 Å². The Hall–Kier alpha value is -0.740. The third-order valence-electron chi connectivity index (χ3n) is 5.04. The third-order valence-corrected chi connectivity index (χ3v) is 10.0. The van der Waals surface area contributed by atoms with E-state index in [9.17, 15) is 22.4 Å². The van der Waals surface area contributed by atoms with Crippen molar-refractivity contribution in [2.75, 3.05) is 19.5 Å². The lowest BCUT2D eigenvalue weighted by Crippen LogP contribution is -2.50. The molecule has 0 aromatic heterocycles. The number of hydrogen-bond donors (Lipinski definition) is 1. The first kappa shape index (κ1) is 27.5. The Balaban J connectivity index is 2.25. The van der Waals surface area contributed by atoms with E-state index in [4.69, 9.17) is 9.47 Å². The highest BCUT2D eigenvalue weighted by molar-refractivity contribution is 14.2. The number of alkyl halides is 3. The fraction of sp³-hybridized carbons (Fsp3) is 0.600. The lowest BCUT2D eigenvalue weighted by atomic mass is 10.0. The first-order valence-corrected chi connectivity index (χ1v) is 13.4. The number of carbonyl (C=O) groups excluding carboxylic acids is 2. The summed E-state index contributed by atoms with van der Waals surface area (Å²) in [6, 6.07) is 4.87. The van der Waals surface area contributed by atoms with Gasteiger partial charge in [-0.3, -0.25) is 4.79 Å². The predicted molar refractivity (Wildman–Crippen MR) is 135 cm³/mol. The quantitative estimate of drug-likeness (QED) is 0.347. The lowest BCUT2D eigenvalue weighted by Gasteiger charge is -2.34. The van der Waals surface area contributed by atoms with Crippen LogP contribution < -0.4 is 5.32 Å². The van der Waals surface area contributed by atoms with Crippen LogP contribution in [-0.4, -0.2) is 58.2 Å². The van der Waals surface area contributed by atoms with Crippen LogP contribution in [0, 0.1) is 5.92 Å². The van der Waals surface area contributed by atoms with E-state index in [0.29, 0.717) is 12.8 Å². The number of amides is 2. The van der Waals surface area contributed by atoms with E-state index in [1.807, 2.05) is 0 Å². The van der Waals surface area contributed by atoms with Gasteiger partial charge in [0.2, 0.25) is 15.7 Å². The third kappa shape index (κ3) is 6.44. The normalized spacial score (nSPS) is 21.8. The molecule has 12 heteroatoms. The average molecular weight is 696 g/mol. The molecule has 0 radical (unpaired) electrons. The molecule has 0 saturated heterocycles. The number of benzene rings is 1. The van der Waals surface area contributed by atoms with E-state index < -0.39 is 40.4 Å². The molecule has 1 fully saturated rings. The first-order valence-electron chi connectivity index (χ1n) is 9.79. The van der Waals surface area contributed by atoms with Crippen LogP contribution in [0.3, 0.4) is 0 Å². The minimum Gasteiger partial charge on any atom is -0.444 e. The topological polar surface area (TPSA) is 102 Å². The second-order valence-electron chi connectivity index (χ2n) is 8.51. The minimum atomic E-state index is -4.25. The summed E-state index contributed by atoms with van der Waals surface area (Å²) in [5.41, 5.74) is -0.480. The van der Waals surface area contributed by atoms with E-state index in [2.05, 4.69) is 5.32 Å². The lowest BCUT2D eigenvalue weighted by molar-refractivity contribution is -0.122. The largest absolute Gasteiger partial charge is 0.444 e. The summed E-state index contributed by atoms with van der Waals surface area (Å²) >= 11 is 2.41. The first-order chi connectivity index (χ1) is 14.6. The zero-order chi connectivity index (χ0) is 24.5. The number of nitrogens with one attached hydrogen (secondary N) is 1. The summed E-state index contributed by atoms with van der Waals surface area (Å²) in [6.07, 6.45) is 0.102. The van der Waals surface area contributed by atoms with Crippen LogP contribution in [0.1, 0.15) is 33.6 Å². The fourth-order valence-corrected chi connectivity index (χ4v) is 5.91. The van der Waals surface area contributed by atoms with Crippen molar-refractivity contribution in [3.8, 4) is 0 Å². The van der Waals surface area contributed by atoms with Crippen LogP contribution in [-0.2, 0) is 24.1 Å². The Bertz CT molecular complexity index is 962. The van der Waals surface area contributed by atoms with Gasteiger partial charge >= 0.3 is 7.11 Å².